The predicted molar refractivity (Wildman–Crippen MR) is 92.8 cm³/mol. The number of rotatable bonds is 2. The second-order valence-corrected chi connectivity index (χ2v) is 7.65. The van der Waals surface area contributed by atoms with E-state index in [1.807, 2.05) is 29.2 Å². The SMILES string of the molecule is CCN1CCN(C(=O)[C@@]2(C)Sc3ccccc3N(C)C2=O)CC1. The lowest BCUT2D eigenvalue weighted by Gasteiger charge is -2.42. The monoisotopic (exact) mass is 333 g/mol. The molecule has 2 heterocycles. The Bertz CT molecular complexity index is 628. The maximum absolute atomic E-state index is 13.1. The third-order valence-electron chi connectivity index (χ3n) is 4.77. The van der Waals surface area contributed by atoms with Gasteiger partial charge < -0.3 is 14.7 Å². The summed E-state index contributed by atoms with van der Waals surface area (Å²) in [5.74, 6) is -0.200. The predicted octanol–water partition coefficient (Wildman–Crippen LogP) is 1.68. The van der Waals surface area contributed by atoms with Crippen LogP contribution >= 0.6 is 11.8 Å². The van der Waals surface area contributed by atoms with Gasteiger partial charge in [-0.25, -0.2) is 0 Å². The number of likely N-dealkylation sites (N-methyl/N-ethyl adjacent to an activating group) is 1. The molecule has 2 amide bonds. The topological polar surface area (TPSA) is 43.9 Å². The number of amides is 2. The fourth-order valence-corrected chi connectivity index (χ4v) is 4.55. The highest BCUT2D eigenvalue weighted by atomic mass is 32.2. The molecular weight excluding hydrogens is 310 g/mol. The molecule has 2 aliphatic heterocycles. The highest BCUT2D eigenvalue weighted by Crippen LogP contribution is 2.45. The molecule has 6 heteroatoms. The number of fused-ring (bicyclic) bond motifs is 1. The average Bonchev–Trinajstić information content (AvgIpc) is 2.59. The van der Waals surface area contributed by atoms with Gasteiger partial charge in [0.1, 0.15) is 0 Å². The number of para-hydroxylation sites is 1. The van der Waals surface area contributed by atoms with Gasteiger partial charge in [0.2, 0.25) is 5.91 Å². The summed E-state index contributed by atoms with van der Waals surface area (Å²) in [7, 11) is 1.75. The number of anilines is 1. The van der Waals surface area contributed by atoms with Gasteiger partial charge in [-0.2, -0.15) is 0 Å². The Morgan fingerprint density at radius 1 is 1.22 bits per heavy atom. The smallest absolute Gasteiger partial charge is 0.252 e. The first-order chi connectivity index (χ1) is 11.0. The van der Waals surface area contributed by atoms with E-state index in [2.05, 4.69) is 11.8 Å². The van der Waals surface area contributed by atoms with Gasteiger partial charge in [-0.1, -0.05) is 30.8 Å². The molecule has 0 bridgehead atoms. The Morgan fingerprint density at radius 3 is 2.52 bits per heavy atom. The van der Waals surface area contributed by atoms with Crippen LogP contribution in [0.25, 0.3) is 0 Å². The fourth-order valence-electron chi connectivity index (χ4n) is 3.22. The number of hydrogen-bond donors (Lipinski definition) is 0. The molecule has 2 aliphatic rings. The summed E-state index contributed by atoms with van der Waals surface area (Å²) in [6.45, 7) is 8.05. The Labute approximate surface area is 141 Å². The van der Waals surface area contributed by atoms with Crippen molar-refractivity contribution in [2.24, 2.45) is 0 Å². The van der Waals surface area contributed by atoms with Gasteiger partial charge in [-0.3, -0.25) is 9.59 Å². The molecule has 1 aromatic rings. The summed E-state index contributed by atoms with van der Waals surface area (Å²) >= 11 is 1.38. The van der Waals surface area contributed by atoms with Gasteiger partial charge in [-0.05, 0) is 25.6 Å². The van der Waals surface area contributed by atoms with Crippen molar-refractivity contribution in [3.8, 4) is 0 Å². The minimum Gasteiger partial charge on any atom is -0.338 e. The van der Waals surface area contributed by atoms with Crippen molar-refractivity contribution in [3.63, 3.8) is 0 Å². The Balaban J connectivity index is 1.84. The molecule has 1 saturated heterocycles. The van der Waals surface area contributed by atoms with E-state index in [0.717, 1.165) is 30.2 Å². The van der Waals surface area contributed by atoms with E-state index in [1.165, 1.54) is 11.8 Å². The molecule has 0 aromatic heterocycles. The van der Waals surface area contributed by atoms with E-state index in [4.69, 9.17) is 0 Å². The molecule has 0 unspecified atom stereocenters. The van der Waals surface area contributed by atoms with Gasteiger partial charge in [0, 0.05) is 38.1 Å². The molecule has 0 spiro atoms. The number of carbonyl (C=O) groups is 2. The minimum atomic E-state index is -1.07. The third-order valence-corrected chi connectivity index (χ3v) is 6.09. The van der Waals surface area contributed by atoms with Crippen LogP contribution in [0, 0.1) is 0 Å². The van der Waals surface area contributed by atoms with E-state index < -0.39 is 4.75 Å². The van der Waals surface area contributed by atoms with Crippen molar-refractivity contribution in [3.05, 3.63) is 24.3 Å². The van der Waals surface area contributed by atoms with Crippen LogP contribution in [-0.2, 0) is 9.59 Å². The summed E-state index contributed by atoms with van der Waals surface area (Å²) < 4.78 is -1.07. The number of benzene rings is 1. The van der Waals surface area contributed by atoms with E-state index in [1.54, 1.807) is 18.9 Å². The molecule has 23 heavy (non-hydrogen) atoms. The van der Waals surface area contributed by atoms with Gasteiger partial charge in [0.05, 0.1) is 5.69 Å². The summed E-state index contributed by atoms with van der Waals surface area (Å²) in [5, 5.41) is 0. The lowest BCUT2D eigenvalue weighted by atomic mass is 10.1. The van der Waals surface area contributed by atoms with Crippen LogP contribution < -0.4 is 4.90 Å². The molecule has 0 radical (unpaired) electrons. The molecule has 0 saturated carbocycles. The lowest BCUT2D eigenvalue weighted by Crippen LogP contribution is -2.59. The Morgan fingerprint density at radius 2 is 1.87 bits per heavy atom. The summed E-state index contributed by atoms with van der Waals surface area (Å²) in [4.78, 5) is 32.7. The van der Waals surface area contributed by atoms with E-state index in [-0.39, 0.29) is 11.8 Å². The summed E-state index contributed by atoms with van der Waals surface area (Å²) in [6.07, 6.45) is 0. The molecule has 5 nitrogen and oxygen atoms in total. The standard InChI is InChI=1S/C17H23N3O2S/c1-4-19-9-11-20(12-10-19)16(22)17(2)15(21)18(3)13-7-5-6-8-14(13)23-17/h5-8H,4,9-12H2,1-3H3/t17-/m0/s1. The molecule has 124 valence electrons. The fraction of sp³-hybridized carbons (Fsp3) is 0.529. The van der Waals surface area contributed by atoms with Gasteiger partial charge in [0.25, 0.3) is 5.91 Å². The van der Waals surface area contributed by atoms with Crippen molar-refractivity contribution in [2.45, 2.75) is 23.5 Å². The molecule has 0 aliphatic carbocycles. The van der Waals surface area contributed by atoms with E-state index >= 15 is 0 Å². The number of piperazine rings is 1. The zero-order valence-corrected chi connectivity index (χ0v) is 14.7. The first-order valence-electron chi connectivity index (χ1n) is 8.05. The summed E-state index contributed by atoms with van der Waals surface area (Å²) in [6, 6.07) is 7.76. The highest BCUT2D eigenvalue weighted by Gasteiger charge is 2.50. The van der Waals surface area contributed by atoms with Crippen LogP contribution in [0.3, 0.4) is 0 Å². The van der Waals surface area contributed by atoms with Crippen LogP contribution in [0.15, 0.2) is 29.2 Å². The normalized spacial score (nSPS) is 25.4. The summed E-state index contributed by atoms with van der Waals surface area (Å²) in [5.41, 5.74) is 0.878. The molecule has 1 aromatic carbocycles. The lowest BCUT2D eigenvalue weighted by molar-refractivity contribution is -0.139. The molecule has 0 N–H and O–H groups in total. The number of hydrogen-bond acceptors (Lipinski definition) is 4. The molecule has 3 rings (SSSR count). The van der Waals surface area contributed by atoms with Crippen molar-refractivity contribution >= 4 is 29.3 Å². The average molecular weight is 333 g/mol. The van der Waals surface area contributed by atoms with Gasteiger partial charge in [-0.15, -0.1) is 0 Å². The van der Waals surface area contributed by atoms with Crippen LogP contribution in [0.5, 0.6) is 0 Å². The molecule has 1 atom stereocenters. The molecule has 1 fully saturated rings. The van der Waals surface area contributed by atoms with Crippen molar-refractivity contribution in [2.75, 3.05) is 44.7 Å². The van der Waals surface area contributed by atoms with E-state index in [9.17, 15) is 9.59 Å². The van der Waals surface area contributed by atoms with Crippen molar-refractivity contribution in [1.82, 2.24) is 9.80 Å². The van der Waals surface area contributed by atoms with E-state index in [0.29, 0.717) is 13.1 Å². The van der Waals surface area contributed by atoms with Crippen LogP contribution in [0.4, 0.5) is 5.69 Å². The van der Waals surface area contributed by atoms with Gasteiger partial charge in [0.15, 0.2) is 4.75 Å². The largest absolute Gasteiger partial charge is 0.338 e. The van der Waals surface area contributed by atoms with Crippen molar-refractivity contribution < 1.29 is 9.59 Å². The minimum absolute atomic E-state index is 0.0652. The molecular formula is C17H23N3O2S. The zero-order chi connectivity index (χ0) is 16.6. The van der Waals surface area contributed by atoms with Crippen molar-refractivity contribution in [1.29, 1.82) is 0 Å². The quantitative estimate of drug-likeness (QED) is 0.773. The maximum Gasteiger partial charge on any atom is 0.252 e. The third kappa shape index (κ3) is 2.74. The second-order valence-electron chi connectivity index (χ2n) is 6.19. The zero-order valence-electron chi connectivity index (χ0n) is 13.9. The number of nitrogens with zero attached hydrogens (tertiary/aromatic N) is 3. The second kappa shape index (κ2) is 6.17. The van der Waals surface area contributed by atoms with Gasteiger partial charge >= 0.3 is 0 Å². The van der Waals surface area contributed by atoms with Crippen LogP contribution in [-0.4, -0.2) is 66.1 Å². The maximum atomic E-state index is 13.1. The van der Waals surface area contributed by atoms with Crippen LogP contribution in [0.2, 0.25) is 0 Å². The highest BCUT2D eigenvalue weighted by molar-refractivity contribution is 8.02. The first kappa shape index (κ1) is 16.3. The van der Waals surface area contributed by atoms with Crippen LogP contribution in [0.1, 0.15) is 13.8 Å². The number of thioether (sulfide) groups is 1. The number of carbonyl (C=O) groups excluding carboxylic acids is 2. The first-order valence-corrected chi connectivity index (χ1v) is 8.87. The Kier molecular flexibility index (Phi) is 4.38. The Hall–Kier alpha value is -1.53.